The van der Waals surface area contributed by atoms with Gasteiger partial charge in [-0.15, -0.1) is 0 Å². The van der Waals surface area contributed by atoms with Gasteiger partial charge in [0.25, 0.3) is 0 Å². The maximum Gasteiger partial charge on any atom is 0.0177 e. The van der Waals surface area contributed by atoms with E-state index < -0.39 is 0 Å². The van der Waals surface area contributed by atoms with Gasteiger partial charge in [0.1, 0.15) is 0 Å². The lowest BCUT2D eigenvalue weighted by molar-refractivity contribution is 0.492. The standard InChI is InChI=1S/C17H19N/c1-18-17-12-14-9-5-6-10-15(14)16(17)11-13-7-3-2-4-8-13/h2-10,16-18H,11-12H2,1H3/t16?,17-/m0/s1. The minimum atomic E-state index is 0.572. The summed E-state index contributed by atoms with van der Waals surface area (Å²) >= 11 is 0. The minimum absolute atomic E-state index is 0.572. The highest BCUT2D eigenvalue weighted by molar-refractivity contribution is 5.39. The summed E-state index contributed by atoms with van der Waals surface area (Å²) in [6.45, 7) is 0. The van der Waals surface area contributed by atoms with Gasteiger partial charge in [-0.05, 0) is 36.6 Å². The van der Waals surface area contributed by atoms with Crippen LogP contribution in [0, 0.1) is 0 Å². The summed E-state index contributed by atoms with van der Waals surface area (Å²) < 4.78 is 0. The zero-order valence-electron chi connectivity index (χ0n) is 10.8. The normalized spacial score (nSPS) is 21.8. The predicted octanol–water partition coefficient (Wildman–Crippen LogP) is 3.16. The van der Waals surface area contributed by atoms with Gasteiger partial charge in [0, 0.05) is 12.0 Å². The highest BCUT2D eigenvalue weighted by Gasteiger charge is 2.30. The average Bonchev–Trinajstić information content (AvgIpc) is 2.78. The molecule has 3 rings (SSSR count). The van der Waals surface area contributed by atoms with Crippen LogP contribution in [0.3, 0.4) is 0 Å². The number of rotatable bonds is 3. The monoisotopic (exact) mass is 237 g/mol. The summed E-state index contributed by atoms with van der Waals surface area (Å²) in [7, 11) is 2.08. The van der Waals surface area contributed by atoms with Crippen molar-refractivity contribution >= 4 is 0 Å². The topological polar surface area (TPSA) is 12.0 Å². The molecule has 0 fully saturated rings. The molecule has 0 saturated carbocycles. The third kappa shape index (κ3) is 2.06. The zero-order valence-corrected chi connectivity index (χ0v) is 10.8. The van der Waals surface area contributed by atoms with Gasteiger partial charge in [-0.25, -0.2) is 0 Å². The van der Waals surface area contributed by atoms with Gasteiger partial charge < -0.3 is 5.32 Å². The summed E-state index contributed by atoms with van der Waals surface area (Å²) in [5.41, 5.74) is 4.47. The van der Waals surface area contributed by atoms with Gasteiger partial charge in [-0.3, -0.25) is 0 Å². The van der Waals surface area contributed by atoms with Crippen molar-refractivity contribution in [2.45, 2.75) is 24.8 Å². The summed E-state index contributed by atoms with van der Waals surface area (Å²) in [4.78, 5) is 0. The van der Waals surface area contributed by atoms with Crippen LogP contribution in [-0.4, -0.2) is 13.1 Å². The molecule has 2 aromatic rings. The van der Waals surface area contributed by atoms with Crippen molar-refractivity contribution in [3.63, 3.8) is 0 Å². The molecule has 0 aromatic heterocycles. The highest BCUT2D eigenvalue weighted by atomic mass is 14.9. The quantitative estimate of drug-likeness (QED) is 0.864. The van der Waals surface area contributed by atoms with Gasteiger partial charge in [-0.1, -0.05) is 54.6 Å². The Kier molecular flexibility index (Phi) is 3.16. The molecule has 0 heterocycles. The highest BCUT2D eigenvalue weighted by Crippen LogP contribution is 2.35. The van der Waals surface area contributed by atoms with Crippen LogP contribution in [0.5, 0.6) is 0 Å². The van der Waals surface area contributed by atoms with Crippen molar-refractivity contribution < 1.29 is 0 Å². The van der Waals surface area contributed by atoms with Crippen LogP contribution in [0.4, 0.5) is 0 Å². The van der Waals surface area contributed by atoms with Gasteiger partial charge in [0.05, 0.1) is 0 Å². The fourth-order valence-corrected chi connectivity index (χ4v) is 3.10. The Morgan fingerprint density at radius 3 is 2.50 bits per heavy atom. The summed E-state index contributed by atoms with van der Waals surface area (Å²) in [5, 5.41) is 3.48. The van der Waals surface area contributed by atoms with E-state index in [1.54, 1.807) is 0 Å². The van der Waals surface area contributed by atoms with E-state index in [9.17, 15) is 0 Å². The van der Waals surface area contributed by atoms with Crippen LogP contribution < -0.4 is 5.32 Å². The Hall–Kier alpha value is -1.60. The second kappa shape index (κ2) is 4.95. The summed E-state index contributed by atoms with van der Waals surface area (Å²) in [6.07, 6.45) is 2.29. The molecule has 0 bridgehead atoms. The van der Waals surface area contributed by atoms with E-state index in [1.807, 2.05) is 0 Å². The van der Waals surface area contributed by atoms with Gasteiger partial charge >= 0.3 is 0 Å². The number of likely N-dealkylation sites (N-methyl/N-ethyl adjacent to an activating group) is 1. The Labute approximate surface area is 109 Å². The van der Waals surface area contributed by atoms with E-state index in [0.29, 0.717) is 12.0 Å². The molecule has 0 spiro atoms. The number of benzene rings is 2. The predicted molar refractivity (Wildman–Crippen MR) is 75.9 cm³/mol. The molecule has 0 aliphatic heterocycles. The first-order valence-electron chi connectivity index (χ1n) is 6.67. The average molecular weight is 237 g/mol. The van der Waals surface area contributed by atoms with E-state index in [2.05, 4.69) is 67.0 Å². The smallest absolute Gasteiger partial charge is 0.0177 e. The molecule has 1 aliphatic rings. The van der Waals surface area contributed by atoms with E-state index >= 15 is 0 Å². The van der Waals surface area contributed by atoms with Crippen molar-refractivity contribution in [1.29, 1.82) is 0 Å². The van der Waals surface area contributed by atoms with E-state index in [0.717, 1.165) is 12.8 Å². The third-order valence-electron chi connectivity index (χ3n) is 4.05. The molecular formula is C17H19N. The van der Waals surface area contributed by atoms with E-state index in [4.69, 9.17) is 0 Å². The maximum atomic E-state index is 3.48. The molecule has 1 unspecified atom stereocenters. The van der Waals surface area contributed by atoms with Crippen molar-refractivity contribution in [3.05, 3.63) is 71.3 Å². The number of hydrogen-bond donors (Lipinski definition) is 1. The molecule has 1 aliphatic carbocycles. The minimum Gasteiger partial charge on any atom is -0.316 e. The fraction of sp³-hybridized carbons (Fsp3) is 0.294. The van der Waals surface area contributed by atoms with Crippen LogP contribution >= 0.6 is 0 Å². The molecule has 0 amide bonds. The van der Waals surface area contributed by atoms with Crippen molar-refractivity contribution in [2.75, 3.05) is 7.05 Å². The molecule has 1 N–H and O–H groups in total. The van der Waals surface area contributed by atoms with Crippen LogP contribution in [0.25, 0.3) is 0 Å². The Balaban J connectivity index is 1.90. The van der Waals surface area contributed by atoms with Crippen LogP contribution in [0.15, 0.2) is 54.6 Å². The molecule has 92 valence electrons. The first-order valence-corrected chi connectivity index (χ1v) is 6.67. The summed E-state index contributed by atoms with van der Waals surface area (Å²) in [6, 6.07) is 20.2. The number of hydrogen-bond acceptors (Lipinski definition) is 1. The maximum absolute atomic E-state index is 3.48. The molecule has 2 aromatic carbocycles. The number of fused-ring (bicyclic) bond motifs is 1. The molecule has 2 atom stereocenters. The Morgan fingerprint density at radius 1 is 1.00 bits per heavy atom. The molecule has 1 nitrogen and oxygen atoms in total. The van der Waals surface area contributed by atoms with Gasteiger partial charge in [-0.2, -0.15) is 0 Å². The molecule has 0 radical (unpaired) electrons. The molecule has 0 saturated heterocycles. The lowest BCUT2D eigenvalue weighted by atomic mass is 9.91. The van der Waals surface area contributed by atoms with Gasteiger partial charge in [0.2, 0.25) is 0 Å². The second-order valence-corrected chi connectivity index (χ2v) is 5.09. The Bertz CT molecular complexity index is 518. The first-order chi connectivity index (χ1) is 8.88. The van der Waals surface area contributed by atoms with Crippen LogP contribution in [-0.2, 0) is 12.8 Å². The first kappa shape index (κ1) is 11.5. The summed E-state index contributed by atoms with van der Waals surface area (Å²) in [5.74, 6) is 0.605. The molecule has 1 heteroatoms. The fourth-order valence-electron chi connectivity index (χ4n) is 3.10. The lowest BCUT2D eigenvalue weighted by Gasteiger charge is -2.20. The number of nitrogens with one attached hydrogen (secondary N) is 1. The molecular weight excluding hydrogens is 218 g/mol. The van der Waals surface area contributed by atoms with Gasteiger partial charge in [0.15, 0.2) is 0 Å². The second-order valence-electron chi connectivity index (χ2n) is 5.09. The third-order valence-corrected chi connectivity index (χ3v) is 4.05. The van der Waals surface area contributed by atoms with Crippen molar-refractivity contribution in [1.82, 2.24) is 5.32 Å². The van der Waals surface area contributed by atoms with E-state index in [-0.39, 0.29) is 0 Å². The Morgan fingerprint density at radius 2 is 1.72 bits per heavy atom. The largest absolute Gasteiger partial charge is 0.316 e. The SMILES string of the molecule is CN[C@H]1Cc2ccccc2C1Cc1ccccc1. The van der Waals surface area contributed by atoms with Crippen molar-refractivity contribution in [2.24, 2.45) is 0 Å². The van der Waals surface area contributed by atoms with Crippen molar-refractivity contribution in [3.8, 4) is 0 Å². The lowest BCUT2D eigenvalue weighted by Crippen LogP contribution is -2.30. The molecule has 18 heavy (non-hydrogen) atoms. The van der Waals surface area contributed by atoms with Crippen LogP contribution in [0.2, 0.25) is 0 Å². The van der Waals surface area contributed by atoms with Crippen LogP contribution in [0.1, 0.15) is 22.6 Å². The van der Waals surface area contributed by atoms with E-state index in [1.165, 1.54) is 16.7 Å². The zero-order chi connectivity index (χ0) is 12.4.